The molecular weight excluding hydrogens is 246 g/mol. The number of nitrogens with zero attached hydrogens (tertiary/aromatic N) is 1. The summed E-state index contributed by atoms with van der Waals surface area (Å²) in [4.78, 5) is 25.4. The second-order valence-electron chi connectivity index (χ2n) is 3.49. The Hall–Kier alpha value is -1.57. The summed E-state index contributed by atoms with van der Waals surface area (Å²) >= 11 is 0. The number of hydrogen-bond acceptors (Lipinski definition) is 7. The van der Waals surface area contributed by atoms with Crippen LogP contribution < -0.4 is 0 Å². The summed E-state index contributed by atoms with van der Waals surface area (Å²) in [6.45, 7) is 3.38. The highest BCUT2D eigenvalue weighted by Gasteiger charge is 2.17. The summed E-state index contributed by atoms with van der Waals surface area (Å²) in [7, 11) is 1.52. The molecule has 0 bridgehead atoms. The van der Waals surface area contributed by atoms with E-state index in [1.807, 2.05) is 6.92 Å². The third kappa shape index (κ3) is 7.66. The van der Waals surface area contributed by atoms with E-state index in [0.29, 0.717) is 12.8 Å². The van der Waals surface area contributed by atoms with Gasteiger partial charge in [0.1, 0.15) is 19.3 Å². The van der Waals surface area contributed by atoms with Crippen molar-refractivity contribution in [1.29, 1.82) is 0 Å². The number of rotatable bonds is 9. The molecule has 8 nitrogen and oxygen atoms in total. The molecule has 0 aromatic rings. The maximum absolute atomic E-state index is 11.3. The van der Waals surface area contributed by atoms with Crippen molar-refractivity contribution in [2.75, 3.05) is 20.3 Å². The Morgan fingerprint density at radius 2 is 1.83 bits per heavy atom. The van der Waals surface area contributed by atoms with Gasteiger partial charge in [0.25, 0.3) is 5.09 Å². The molecule has 0 aliphatic heterocycles. The molecule has 0 aliphatic carbocycles. The van der Waals surface area contributed by atoms with E-state index in [2.05, 4.69) is 4.84 Å². The van der Waals surface area contributed by atoms with Gasteiger partial charge in [0, 0.05) is 7.11 Å². The zero-order valence-electron chi connectivity index (χ0n) is 10.8. The predicted molar refractivity (Wildman–Crippen MR) is 60.5 cm³/mol. The topological polar surface area (TPSA) is 97.1 Å². The van der Waals surface area contributed by atoms with Crippen molar-refractivity contribution in [2.45, 2.75) is 38.9 Å². The van der Waals surface area contributed by atoms with Crippen molar-refractivity contribution in [2.24, 2.45) is 0 Å². The van der Waals surface area contributed by atoms with E-state index in [-0.39, 0.29) is 19.3 Å². The molecular formula is C10H19NO7. The molecule has 8 heteroatoms. The average molecular weight is 265 g/mol. The van der Waals surface area contributed by atoms with Gasteiger partial charge in [-0.1, -0.05) is 13.8 Å². The van der Waals surface area contributed by atoms with Gasteiger partial charge in [0.05, 0.1) is 6.10 Å². The third-order valence-corrected chi connectivity index (χ3v) is 2.26. The first-order chi connectivity index (χ1) is 8.53. The normalized spacial score (nSPS) is 13.5. The Morgan fingerprint density at radius 3 is 2.28 bits per heavy atom. The molecule has 0 saturated carbocycles. The van der Waals surface area contributed by atoms with Crippen molar-refractivity contribution < 1.29 is 28.9 Å². The van der Waals surface area contributed by atoms with E-state index in [0.717, 1.165) is 0 Å². The van der Waals surface area contributed by atoms with Crippen LogP contribution in [-0.4, -0.2) is 43.8 Å². The van der Waals surface area contributed by atoms with Gasteiger partial charge in [-0.15, -0.1) is 10.1 Å². The van der Waals surface area contributed by atoms with Crippen LogP contribution in [0.5, 0.6) is 0 Å². The van der Waals surface area contributed by atoms with E-state index in [9.17, 15) is 14.9 Å². The van der Waals surface area contributed by atoms with Gasteiger partial charge in [0.15, 0.2) is 0 Å². The first kappa shape index (κ1) is 16.4. The van der Waals surface area contributed by atoms with Crippen LogP contribution in [0.4, 0.5) is 4.79 Å². The standard InChI is InChI=1S/C10H19NO7/c1-4-8(15-3)6-16-10(12)18-9(5-2)7-17-11(13)14/h8-9H,4-7H2,1-3H3. The molecule has 0 heterocycles. The molecule has 0 fully saturated rings. The van der Waals surface area contributed by atoms with E-state index in [1.165, 1.54) is 7.11 Å². The fourth-order valence-corrected chi connectivity index (χ4v) is 1.06. The summed E-state index contributed by atoms with van der Waals surface area (Å²) in [5.41, 5.74) is 0. The Kier molecular flexibility index (Phi) is 8.63. The minimum absolute atomic E-state index is 0.0817. The molecule has 0 rings (SSSR count). The molecule has 0 radical (unpaired) electrons. The zero-order chi connectivity index (χ0) is 14.0. The Labute approximate surface area is 105 Å². The quantitative estimate of drug-likeness (QED) is 0.354. The van der Waals surface area contributed by atoms with Crippen LogP contribution in [0.25, 0.3) is 0 Å². The van der Waals surface area contributed by atoms with Crippen LogP contribution in [0.15, 0.2) is 0 Å². The molecule has 0 spiro atoms. The van der Waals surface area contributed by atoms with Crippen LogP contribution in [0.3, 0.4) is 0 Å². The van der Waals surface area contributed by atoms with Gasteiger partial charge in [-0.05, 0) is 12.8 Å². The van der Waals surface area contributed by atoms with Crippen LogP contribution in [-0.2, 0) is 19.0 Å². The Balaban J connectivity index is 3.92. The molecule has 0 aromatic heterocycles. The van der Waals surface area contributed by atoms with Crippen molar-refractivity contribution in [1.82, 2.24) is 0 Å². The maximum atomic E-state index is 11.3. The van der Waals surface area contributed by atoms with Gasteiger partial charge in [-0.25, -0.2) is 4.79 Å². The van der Waals surface area contributed by atoms with Crippen molar-refractivity contribution >= 4 is 6.16 Å². The predicted octanol–water partition coefficient (Wildman–Crippen LogP) is 1.55. The summed E-state index contributed by atoms with van der Waals surface area (Å²) in [6.07, 6.45) is -0.682. The Bertz CT molecular complexity index is 255. The maximum Gasteiger partial charge on any atom is 0.508 e. The molecule has 18 heavy (non-hydrogen) atoms. The van der Waals surface area contributed by atoms with Gasteiger partial charge in [-0.3, -0.25) is 0 Å². The smallest absolute Gasteiger partial charge is 0.432 e. The van der Waals surface area contributed by atoms with Crippen LogP contribution in [0.2, 0.25) is 0 Å². The summed E-state index contributed by atoms with van der Waals surface area (Å²) in [5, 5.41) is 9.06. The van der Waals surface area contributed by atoms with Gasteiger partial charge >= 0.3 is 6.16 Å². The molecule has 106 valence electrons. The van der Waals surface area contributed by atoms with Crippen LogP contribution in [0, 0.1) is 10.1 Å². The van der Waals surface area contributed by atoms with Gasteiger partial charge in [0.2, 0.25) is 0 Å². The SMILES string of the molecule is CCC(COC(=O)OC(CC)CO[N+](=O)[O-])OC. The van der Waals surface area contributed by atoms with Crippen LogP contribution in [0.1, 0.15) is 26.7 Å². The highest BCUT2D eigenvalue weighted by atomic mass is 17.0. The largest absolute Gasteiger partial charge is 0.508 e. The fourth-order valence-electron chi connectivity index (χ4n) is 1.06. The fraction of sp³-hybridized carbons (Fsp3) is 0.900. The van der Waals surface area contributed by atoms with E-state index >= 15 is 0 Å². The second kappa shape index (κ2) is 9.46. The van der Waals surface area contributed by atoms with E-state index in [4.69, 9.17) is 14.2 Å². The molecule has 0 aromatic carbocycles. The molecule has 0 N–H and O–H groups in total. The number of methoxy groups -OCH3 is 1. The van der Waals surface area contributed by atoms with Crippen LogP contribution >= 0.6 is 0 Å². The van der Waals surface area contributed by atoms with Crippen molar-refractivity contribution in [3.8, 4) is 0 Å². The Morgan fingerprint density at radius 1 is 1.22 bits per heavy atom. The van der Waals surface area contributed by atoms with Gasteiger partial charge < -0.3 is 19.0 Å². The van der Waals surface area contributed by atoms with E-state index in [1.54, 1.807) is 6.92 Å². The lowest BCUT2D eigenvalue weighted by Crippen LogP contribution is -2.27. The zero-order valence-corrected chi connectivity index (χ0v) is 10.8. The minimum Gasteiger partial charge on any atom is -0.432 e. The lowest BCUT2D eigenvalue weighted by molar-refractivity contribution is -0.759. The molecule has 0 aliphatic rings. The second-order valence-corrected chi connectivity index (χ2v) is 3.49. The summed E-state index contributed by atoms with van der Waals surface area (Å²) in [6, 6.07) is 0. The monoisotopic (exact) mass is 265 g/mol. The van der Waals surface area contributed by atoms with Crippen molar-refractivity contribution in [3.05, 3.63) is 10.1 Å². The van der Waals surface area contributed by atoms with E-state index < -0.39 is 17.3 Å². The number of hydrogen-bond donors (Lipinski definition) is 0. The lowest BCUT2D eigenvalue weighted by atomic mass is 10.3. The molecule has 0 amide bonds. The summed E-state index contributed by atoms with van der Waals surface area (Å²) < 4.78 is 14.7. The summed E-state index contributed by atoms with van der Waals surface area (Å²) in [5.74, 6) is 0. The van der Waals surface area contributed by atoms with Gasteiger partial charge in [-0.2, -0.15) is 0 Å². The molecule has 2 atom stereocenters. The minimum atomic E-state index is -0.935. The molecule has 0 saturated heterocycles. The highest BCUT2D eigenvalue weighted by molar-refractivity contribution is 5.60. The number of carbonyl (C=O) groups excluding carboxylic acids is 1. The first-order valence-corrected chi connectivity index (χ1v) is 5.66. The third-order valence-electron chi connectivity index (χ3n) is 2.26. The molecule has 2 unspecified atom stereocenters. The number of ether oxygens (including phenoxy) is 3. The lowest BCUT2D eigenvalue weighted by Gasteiger charge is -2.16. The first-order valence-electron chi connectivity index (χ1n) is 5.66. The average Bonchev–Trinajstić information content (AvgIpc) is 2.35. The van der Waals surface area contributed by atoms with Crippen molar-refractivity contribution in [3.63, 3.8) is 0 Å². The highest BCUT2D eigenvalue weighted by Crippen LogP contribution is 2.03. The number of carbonyl (C=O) groups is 1.